The first-order valence-corrected chi connectivity index (χ1v) is 26.5. The monoisotopic (exact) mass is 843 g/mol. The number of allylic oxidation sites excluding steroid dienone is 2. The number of unbranched alkanes of at least 4 members (excludes halogenated alkanes) is 31. The number of hydrogen-bond donors (Lipinski definition) is 2. The van der Waals surface area contributed by atoms with E-state index in [1.54, 1.807) is 0 Å². The summed E-state index contributed by atoms with van der Waals surface area (Å²) in [6.45, 7) is 4.74. The highest BCUT2D eigenvalue weighted by atomic mass is 31.2. The van der Waals surface area contributed by atoms with Crippen LogP contribution in [0.25, 0.3) is 0 Å². The third-order valence-corrected chi connectivity index (χ3v) is 12.5. The number of likely N-dealkylation sites (N-methyl/N-ethyl adjacent to an activating group) is 1. The molecule has 0 fully saturated rings. The van der Waals surface area contributed by atoms with Crippen LogP contribution in [-0.4, -0.2) is 68.5 Å². The maximum Gasteiger partial charge on any atom is 0.268 e. The number of nitrogens with zero attached hydrogens (tertiary/aromatic N) is 1. The zero-order valence-corrected chi connectivity index (χ0v) is 40.2. The van der Waals surface area contributed by atoms with E-state index < -0.39 is 20.0 Å². The number of hydrogen-bond acceptors (Lipinski definition) is 6. The number of amides is 1. The van der Waals surface area contributed by atoms with E-state index in [1.807, 2.05) is 21.1 Å². The van der Waals surface area contributed by atoms with Crippen molar-refractivity contribution in [3.63, 3.8) is 0 Å². The number of phosphoric acid groups is 1. The van der Waals surface area contributed by atoms with Gasteiger partial charge in [-0.25, -0.2) is 0 Å². The number of phosphoric ester groups is 1. The van der Waals surface area contributed by atoms with E-state index in [1.165, 1.54) is 180 Å². The Hall–Kier alpha value is -0.760. The van der Waals surface area contributed by atoms with Gasteiger partial charge >= 0.3 is 0 Å². The molecule has 2 N–H and O–H groups in total. The predicted molar refractivity (Wildman–Crippen MR) is 247 cm³/mol. The molecule has 3 atom stereocenters. The van der Waals surface area contributed by atoms with E-state index in [0.29, 0.717) is 23.9 Å². The Labute approximate surface area is 361 Å². The van der Waals surface area contributed by atoms with Gasteiger partial charge in [-0.3, -0.25) is 9.36 Å². The summed E-state index contributed by atoms with van der Waals surface area (Å²) < 4.78 is 23.3. The fourth-order valence-electron chi connectivity index (χ4n) is 7.51. The van der Waals surface area contributed by atoms with Crippen molar-refractivity contribution >= 4 is 13.7 Å². The van der Waals surface area contributed by atoms with Crippen molar-refractivity contribution in [2.75, 3.05) is 40.9 Å². The summed E-state index contributed by atoms with van der Waals surface area (Å²) in [5, 5.41) is 14.0. The lowest BCUT2D eigenvalue weighted by atomic mass is 10.0. The van der Waals surface area contributed by atoms with Crippen LogP contribution in [0.2, 0.25) is 0 Å². The Morgan fingerprint density at radius 2 is 0.948 bits per heavy atom. The molecule has 0 aromatic rings. The largest absolute Gasteiger partial charge is 0.756 e. The molecule has 0 aromatic heterocycles. The Kier molecular flexibility index (Phi) is 41.0. The van der Waals surface area contributed by atoms with Crippen LogP contribution in [0, 0.1) is 0 Å². The maximum absolute atomic E-state index is 12.9. The summed E-state index contributed by atoms with van der Waals surface area (Å²) in [5.41, 5.74) is 0. The summed E-state index contributed by atoms with van der Waals surface area (Å²) in [6.07, 6.45) is 47.8. The molecule has 0 aromatic carbocycles. The predicted octanol–water partition coefficient (Wildman–Crippen LogP) is 13.7. The molecule has 346 valence electrons. The first-order chi connectivity index (χ1) is 28.0. The van der Waals surface area contributed by atoms with Gasteiger partial charge < -0.3 is 28.8 Å². The number of nitrogens with one attached hydrogen (secondary N) is 1. The van der Waals surface area contributed by atoms with Crippen molar-refractivity contribution in [2.45, 2.75) is 257 Å². The second kappa shape index (κ2) is 41.6. The third kappa shape index (κ3) is 43.3. The summed E-state index contributed by atoms with van der Waals surface area (Å²) in [5.74, 6) is -0.166. The molecule has 9 heteroatoms. The van der Waals surface area contributed by atoms with Crippen LogP contribution in [-0.2, 0) is 18.4 Å². The van der Waals surface area contributed by atoms with Crippen molar-refractivity contribution in [1.82, 2.24) is 5.32 Å². The van der Waals surface area contributed by atoms with Gasteiger partial charge in [0.2, 0.25) is 5.91 Å². The Balaban J connectivity index is 4.27. The number of aliphatic hydroxyl groups excluding tert-OH is 1. The molecule has 0 saturated heterocycles. The van der Waals surface area contributed by atoms with Crippen molar-refractivity contribution in [2.24, 2.45) is 0 Å². The smallest absolute Gasteiger partial charge is 0.268 e. The van der Waals surface area contributed by atoms with Gasteiger partial charge in [-0.05, 0) is 38.5 Å². The molecule has 0 radical (unpaired) electrons. The van der Waals surface area contributed by atoms with E-state index in [9.17, 15) is 19.4 Å². The maximum atomic E-state index is 12.9. The van der Waals surface area contributed by atoms with E-state index in [2.05, 4.69) is 31.3 Å². The van der Waals surface area contributed by atoms with E-state index in [4.69, 9.17) is 9.05 Å². The highest BCUT2D eigenvalue weighted by Crippen LogP contribution is 2.38. The molecule has 8 nitrogen and oxygen atoms in total. The SMILES string of the molecule is CCCCCCCCCC/C=C\CCCCCCCCCC(=O)NC(COP(=O)([O-])OCC[N+](C)(C)C)C(O)CCCCCCCCCCCCCCCCCCC. The normalized spacial score (nSPS) is 14.3. The van der Waals surface area contributed by atoms with E-state index in [-0.39, 0.29) is 19.1 Å². The fraction of sp³-hybridized carbons (Fsp3) is 0.939. The summed E-state index contributed by atoms with van der Waals surface area (Å²) >= 11 is 0. The highest BCUT2D eigenvalue weighted by molar-refractivity contribution is 7.45. The number of carbonyl (C=O) groups is 1. The van der Waals surface area contributed by atoms with Crippen LogP contribution in [0.1, 0.15) is 245 Å². The van der Waals surface area contributed by atoms with Crippen molar-refractivity contribution in [3.8, 4) is 0 Å². The zero-order chi connectivity index (χ0) is 42.8. The van der Waals surface area contributed by atoms with E-state index in [0.717, 1.165) is 38.5 Å². The molecule has 1 amide bonds. The number of rotatable bonds is 46. The van der Waals surface area contributed by atoms with Crippen molar-refractivity contribution in [1.29, 1.82) is 0 Å². The Morgan fingerprint density at radius 1 is 0.586 bits per heavy atom. The first-order valence-electron chi connectivity index (χ1n) is 25.0. The van der Waals surface area contributed by atoms with Gasteiger partial charge in [-0.15, -0.1) is 0 Å². The molecule has 0 spiro atoms. The van der Waals surface area contributed by atoms with Crippen LogP contribution in [0.3, 0.4) is 0 Å². The second-order valence-corrected chi connectivity index (χ2v) is 19.9. The van der Waals surface area contributed by atoms with Gasteiger partial charge in [-0.1, -0.05) is 212 Å². The quantitative estimate of drug-likeness (QED) is 0.0273. The number of quaternary nitrogens is 1. The summed E-state index contributed by atoms with van der Waals surface area (Å²) in [7, 11) is 1.31. The molecule has 0 aliphatic rings. The van der Waals surface area contributed by atoms with Crippen molar-refractivity contribution < 1.29 is 32.9 Å². The lowest BCUT2D eigenvalue weighted by Crippen LogP contribution is -2.46. The van der Waals surface area contributed by atoms with Crippen molar-refractivity contribution in [3.05, 3.63) is 12.2 Å². The average Bonchev–Trinajstić information content (AvgIpc) is 3.17. The lowest BCUT2D eigenvalue weighted by molar-refractivity contribution is -0.870. The van der Waals surface area contributed by atoms with Gasteiger partial charge in [0.25, 0.3) is 7.82 Å². The van der Waals surface area contributed by atoms with Crippen LogP contribution in [0.4, 0.5) is 0 Å². The standard InChI is InChI=1S/C49H99N2O6P/c1-6-8-10-12-14-16-18-20-22-24-25-27-29-31-33-35-37-39-41-43-49(53)50-47(46-57-58(54,55)56-45-44-51(3,4)5)48(52)42-40-38-36-34-32-30-28-26-23-21-19-17-15-13-11-9-7-2/h24-25,47-48,52H,6-23,26-46H2,1-5H3,(H-,50,53,54,55)/b25-24-. The number of aliphatic hydroxyl groups is 1. The second-order valence-electron chi connectivity index (χ2n) is 18.5. The topological polar surface area (TPSA) is 108 Å². The lowest BCUT2D eigenvalue weighted by Gasteiger charge is -2.30. The van der Waals surface area contributed by atoms with Crippen LogP contribution < -0.4 is 10.2 Å². The molecule has 0 heterocycles. The minimum Gasteiger partial charge on any atom is -0.756 e. The van der Waals surface area contributed by atoms with Gasteiger partial charge in [0, 0.05) is 6.42 Å². The number of carbonyl (C=O) groups excluding carboxylic acids is 1. The summed E-state index contributed by atoms with van der Waals surface area (Å²) in [4.78, 5) is 25.4. The highest BCUT2D eigenvalue weighted by Gasteiger charge is 2.24. The molecular weight excluding hydrogens is 744 g/mol. The third-order valence-electron chi connectivity index (χ3n) is 11.5. The van der Waals surface area contributed by atoms with Gasteiger partial charge in [0.15, 0.2) is 0 Å². The Bertz CT molecular complexity index is 958. The van der Waals surface area contributed by atoms with E-state index >= 15 is 0 Å². The van der Waals surface area contributed by atoms with Crippen LogP contribution in [0.5, 0.6) is 0 Å². The molecule has 58 heavy (non-hydrogen) atoms. The molecule has 0 saturated carbocycles. The molecular formula is C49H99N2O6P. The van der Waals surface area contributed by atoms with Gasteiger partial charge in [-0.2, -0.15) is 0 Å². The van der Waals surface area contributed by atoms with Gasteiger partial charge in [0.05, 0.1) is 39.9 Å². The average molecular weight is 843 g/mol. The summed E-state index contributed by atoms with van der Waals surface area (Å²) in [6, 6.07) is -0.799. The fourth-order valence-corrected chi connectivity index (χ4v) is 8.23. The molecule has 0 aliphatic heterocycles. The zero-order valence-electron chi connectivity index (χ0n) is 39.3. The minimum atomic E-state index is -4.56. The Morgan fingerprint density at radius 3 is 1.34 bits per heavy atom. The minimum absolute atomic E-state index is 0.0135. The molecule has 3 unspecified atom stereocenters. The molecule has 0 aliphatic carbocycles. The van der Waals surface area contributed by atoms with Crippen LogP contribution in [0.15, 0.2) is 12.2 Å². The molecule has 0 rings (SSSR count). The first kappa shape index (κ1) is 57.2. The molecule has 0 bridgehead atoms. The van der Waals surface area contributed by atoms with Gasteiger partial charge in [0.1, 0.15) is 13.2 Å². The van der Waals surface area contributed by atoms with Crippen LogP contribution >= 0.6 is 7.82 Å².